The number of morpholine rings is 1. The van der Waals surface area contributed by atoms with Gasteiger partial charge in [0.25, 0.3) is 0 Å². The van der Waals surface area contributed by atoms with Gasteiger partial charge in [0, 0.05) is 12.6 Å². The molecule has 2 aliphatic rings. The number of benzene rings is 1. The molecule has 0 bridgehead atoms. The number of hydrogen-bond donors (Lipinski definition) is 1. The smallest absolute Gasteiger partial charge is 0.123 e. The second-order valence-electron chi connectivity index (χ2n) is 5.75. The maximum Gasteiger partial charge on any atom is 0.123 e. The van der Waals surface area contributed by atoms with Crippen LogP contribution in [0.15, 0.2) is 18.2 Å². The number of rotatable bonds is 2. The molecule has 1 aromatic carbocycles. The van der Waals surface area contributed by atoms with Gasteiger partial charge in [0.2, 0.25) is 0 Å². The number of ether oxygens (including phenoxy) is 1. The molecule has 0 radical (unpaired) electrons. The minimum absolute atomic E-state index is 0.0319. The molecule has 3 atom stereocenters. The third kappa shape index (κ3) is 2.66. The van der Waals surface area contributed by atoms with Crippen LogP contribution < -0.4 is 5.73 Å². The van der Waals surface area contributed by atoms with Crippen LogP contribution in [0.25, 0.3) is 0 Å². The van der Waals surface area contributed by atoms with Gasteiger partial charge >= 0.3 is 0 Å². The highest BCUT2D eigenvalue weighted by atomic mass is 19.1. The van der Waals surface area contributed by atoms with E-state index >= 15 is 0 Å². The van der Waals surface area contributed by atoms with Gasteiger partial charge in [-0.3, -0.25) is 4.90 Å². The fraction of sp³-hybridized carbons (Fsp3) is 0.600. The summed E-state index contributed by atoms with van der Waals surface area (Å²) in [6.07, 6.45) is 2.44. The van der Waals surface area contributed by atoms with E-state index in [-0.39, 0.29) is 18.0 Å². The Morgan fingerprint density at radius 1 is 1.42 bits per heavy atom. The summed E-state index contributed by atoms with van der Waals surface area (Å²) in [6, 6.07) is 5.31. The number of hydrogen-bond acceptors (Lipinski definition) is 3. The molecule has 2 saturated heterocycles. The number of aryl methyl sites for hydroxylation is 1. The Hall–Kier alpha value is -0.970. The molecule has 0 aliphatic carbocycles. The molecular formula is C15H21FN2O. The van der Waals surface area contributed by atoms with Crippen molar-refractivity contribution in [2.75, 3.05) is 19.7 Å². The average molecular weight is 264 g/mol. The molecule has 3 unspecified atom stereocenters. The van der Waals surface area contributed by atoms with Crippen molar-refractivity contribution in [1.82, 2.24) is 4.90 Å². The van der Waals surface area contributed by atoms with Gasteiger partial charge in [-0.1, -0.05) is 6.07 Å². The molecule has 0 saturated carbocycles. The molecule has 0 spiro atoms. The summed E-state index contributed by atoms with van der Waals surface area (Å²) in [6.45, 7) is 4.64. The van der Waals surface area contributed by atoms with Crippen molar-refractivity contribution in [2.24, 2.45) is 5.73 Å². The first-order valence-electron chi connectivity index (χ1n) is 7.02. The summed E-state index contributed by atoms with van der Waals surface area (Å²) in [5.74, 6) is -0.222. The van der Waals surface area contributed by atoms with E-state index in [0.29, 0.717) is 6.04 Å². The van der Waals surface area contributed by atoms with E-state index in [1.54, 1.807) is 0 Å². The van der Waals surface area contributed by atoms with Crippen molar-refractivity contribution in [3.8, 4) is 0 Å². The maximum absolute atomic E-state index is 13.5. The van der Waals surface area contributed by atoms with Crippen LogP contribution in [0.5, 0.6) is 0 Å². The Labute approximate surface area is 113 Å². The minimum Gasteiger partial charge on any atom is -0.373 e. The molecule has 3 rings (SSSR count). The van der Waals surface area contributed by atoms with Crippen LogP contribution in [0.1, 0.15) is 30.0 Å². The molecule has 0 aromatic heterocycles. The molecular weight excluding hydrogens is 243 g/mol. The number of halogens is 1. The Bertz CT molecular complexity index is 445. The van der Waals surface area contributed by atoms with Crippen molar-refractivity contribution in [1.29, 1.82) is 0 Å². The first kappa shape index (κ1) is 13.0. The maximum atomic E-state index is 13.5. The third-order valence-electron chi connectivity index (χ3n) is 4.27. The molecule has 2 fully saturated rings. The first-order chi connectivity index (χ1) is 9.13. The van der Waals surface area contributed by atoms with Crippen molar-refractivity contribution in [3.05, 3.63) is 35.1 Å². The highest BCUT2D eigenvalue weighted by Crippen LogP contribution is 2.28. The molecule has 19 heavy (non-hydrogen) atoms. The molecule has 2 heterocycles. The van der Waals surface area contributed by atoms with Crippen LogP contribution in [0.4, 0.5) is 4.39 Å². The highest BCUT2D eigenvalue weighted by Gasteiger charge is 2.35. The van der Waals surface area contributed by atoms with Gasteiger partial charge in [-0.2, -0.15) is 0 Å². The van der Waals surface area contributed by atoms with E-state index in [2.05, 4.69) is 4.90 Å². The second-order valence-corrected chi connectivity index (χ2v) is 5.75. The van der Waals surface area contributed by atoms with Gasteiger partial charge in [-0.15, -0.1) is 0 Å². The van der Waals surface area contributed by atoms with Gasteiger partial charge in [0.15, 0.2) is 0 Å². The lowest BCUT2D eigenvalue weighted by Gasteiger charge is -2.37. The van der Waals surface area contributed by atoms with E-state index < -0.39 is 0 Å². The Balaban J connectivity index is 1.74. The molecule has 0 amide bonds. The average Bonchev–Trinajstić information content (AvgIpc) is 2.83. The van der Waals surface area contributed by atoms with Crippen molar-refractivity contribution in [2.45, 2.75) is 38.0 Å². The van der Waals surface area contributed by atoms with Crippen LogP contribution in [0.2, 0.25) is 0 Å². The molecule has 2 aliphatic heterocycles. The molecule has 104 valence electrons. The summed E-state index contributed by atoms with van der Waals surface area (Å²) in [7, 11) is 0. The fourth-order valence-corrected chi connectivity index (χ4v) is 3.23. The number of nitrogens with zero attached hydrogens (tertiary/aromatic N) is 1. The Morgan fingerprint density at radius 3 is 3.05 bits per heavy atom. The zero-order valence-corrected chi connectivity index (χ0v) is 11.3. The minimum atomic E-state index is -0.254. The van der Waals surface area contributed by atoms with Crippen molar-refractivity contribution in [3.63, 3.8) is 0 Å². The lowest BCUT2D eigenvalue weighted by atomic mass is 9.98. The largest absolute Gasteiger partial charge is 0.373 e. The van der Waals surface area contributed by atoms with Gasteiger partial charge in [-0.05, 0) is 49.6 Å². The summed E-state index contributed by atoms with van der Waals surface area (Å²) in [5.41, 5.74) is 8.01. The number of nitrogens with two attached hydrogens (primary N) is 1. The van der Waals surface area contributed by atoms with Crippen LogP contribution in [0, 0.1) is 12.7 Å². The van der Waals surface area contributed by atoms with Gasteiger partial charge in [0.05, 0.1) is 18.8 Å². The SMILES string of the molecule is Cc1cc(F)cc(C(N)C2CN3CCCC3CO2)c1. The standard InChI is InChI=1S/C15H21FN2O/c1-10-5-11(7-12(16)6-10)15(17)14-8-18-4-2-3-13(18)9-19-14/h5-7,13-15H,2-4,8-9,17H2,1H3. The van der Waals surface area contributed by atoms with Gasteiger partial charge in [-0.25, -0.2) is 4.39 Å². The van der Waals surface area contributed by atoms with Gasteiger partial charge < -0.3 is 10.5 Å². The highest BCUT2D eigenvalue weighted by molar-refractivity contribution is 5.27. The van der Waals surface area contributed by atoms with Crippen LogP contribution in [-0.2, 0) is 4.74 Å². The lowest BCUT2D eigenvalue weighted by molar-refractivity contribution is -0.0597. The monoisotopic (exact) mass is 264 g/mol. The summed E-state index contributed by atoms with van der Waals surface area (Å²) >= 11 is 0. The zero-order chi connectivity index (χ0) is 13.4. The number of fused-ring (bicyclic) bond motifs is 1. The quantitative estimate of drug-likeness (QED) is 0.888. The molecule has 3 nitrogen and oxygen atoms in total. The Morgan fingerprint density at radius 2 is 2.26 bits per heavy atom. The topological polar surface area (TPSA) is 38.5 Å². The predicted octanol–water partition coefficient (Wildman–Crippen LogP) is 2.00. The fourth-order valence-electron chi connectivity index (χ4n) is 3.23. The summed E-state index contributed by atoms with van der Waals surface area (Å²) in [4.78, 5) is 2.46. The molecule has 2 N–H and O–H groups in total. The van der Waals surface area contributed by atoms with E-state index in [0.717, 1.165) is 30.8 Å². The third-order valence-corrected chi connectivity index (χ3v) is 4.27. The van der Waals surface area contributed by atoms with E-state index in [4.69, 9.17) is 10.5 Å². The molecule has 4 heteroatoms. The van der Waals surface area contributed by atoms with Crippen LogP contribution >= 0.6 is 0 Å². The van der Waals surface area contributed by atoms with Gasteiger partial charge in [0.1, 0.15) is 5.82 Å². The first-order valence-corrected chi connectivity index (χ1v) is 7.02. The van der Waals surface area contributed by atoms with E-state index in [1.807, 2.05) is 13.0 Å². The summed E-state index contributed by atoms with van der Waals surface area (Å²) in [5, 5.41) is 0. The molecule has 1 aromatic rings. The van der Waals surface area contributed by atoms with Crippen LogP contribution in [-0.4, -0.2) is 36.7 Å². The normalized spacial score (nSPS) is 29.2. The van der Waals surface area contributed by atoms with Crippen molar-refractivity contribution < 1.29 is 9.13 Å². The second kappa shape index (κ2) is 5.19. The summed E-state index contributed by atoms with van der Waals surface area (Å²) < 4.78 is 19.4. The van der Waals surface area contributed by atoms with E-state index in [1.165, 1.54) is 25.0 Å². The predicted molar refractivity (Wildman–Crippen MR) is 72.4 cm³/mol. The lowest BCUT2D eigenvalue weighted by Crippen LogP contribution is -2.49. The van der Waals surface area contributed by atoms with Crippen LogP contribution in [0.3, 0.4) is 0 Å². The Kier molecular flexibility index (Phi) is 3.56. The van der Waals surface area contributed by atoms with Crippen molar-refractivity contribution >= 4 is 0 Å². The van der Waals surface area contributed by atoms with E-state index in [9.17, 15) is 4.39 Å². The zero-order valence-electron chi connectivity index (χ0n) is 11.3.